The van der Waals surface area contributed by atoms with Crippen molar-refractivity contribution in [3.05, 3.63) is 28.8 Å². The Balaban J connectivity index is 2.12. The van der Waals surface area contributed by atoms with E-state index in [0.29, 0.717) is 0 Å². The van der Waals surface area contributed by atoms with E-state index in [1.165, 1.54) is 24.1 Å². The van der Waals surface area contributed by atoms with Crippen molar-refractivity contribution in [1.29, 1.82) is 0 Å². The summed E-state index contributed by atoms with van der Waals surface area (Å²) in [6, 6.07) is 6.24. The molecule has 19 heavy (non-hydrogen) atoms. The van der Waals surface area contributed by atoms with Gasteiger partial charge in [0.25, 0.3) is 0 Å². The van der Waals surface area contributed by atoms with Crippen LogP contribution in [0, 0.1) is 11.8 Å². The SMILES string of the molecule is CNCc1ccc(Cl)cc1N1CCC(C(C)C)CC1. The molecule has 0 radical (unpaired) electrons. The monoisotopic (exact) mass is 280 g/mol. The maximum absolute atomic E-state index is 6.17. The fraction of sp³-hybridized carbons (Fsp3) is 0.625. The molecule has 1 heterocycles. The first-order valence-corrected chi connectivity index (χ1v) is 7.67. The van der Waals surface area contributed by atoms with Crippen LogP contribution in [0.15, 0.2) is 18.2 Å². The highest BCUT2D eigenvalue weighted by Crippen LogP contribution is 2.31. The molecule has 0 aliphatic carbocycles. The zero-order chi connectivity index (χ0) is 13.8. The van der Waals surface area contributed by atoms with Gasteiger partial charge in [-0.25, -0.2) is 0 Å². The normalized spacial score (nSPS) is 17.2. The molecule has 0 saturated carbocycles. The van der Waals surface area contributed by atoms with Gasteiger partial charge in [-0.3, -0.25) is 0 Å². The molecule has 0 atom stereocenters. The van der Waals surface area contributed by atoms with Gasteiger partial charge in [0.2, 0.25) is 0 Å². The van der Waals surface area contributed by atoms with Gasteiger partial charge in [-0.05, 0) is 49.4 Å². The molecule has 1 fully saturated rings. The molecule has 0 spiro atoms. The van der Waals surface area contributed by atoms with Crippen LogP contribution in [0.1, 0.15) is 32.3 Å². The Morgan fingerprint density at radius 2 is 2.00 bits per heavy atom. The van der Waals surface area contributed by atoms with Gasteiger partial charge >= 0.3 is 0 Å². The lowest BCUT2D eigenvalue weighted by Crippen LogP contribution is -2.36. The Morgan fingerprint density at radius 1 is 1.32 bits per heavy atom. The van der Waals surface area contributed by atoms with Crippen molar-refractivity contribution in [2.24, 2.45) is 11.8 Å². The van der Waals surface area contributed by atoms with Crippen LogP contribution in [-0.4, -0.2) is 20.1 Å². The molecule has 106 valence electrons. The van der Waals surface area contributed by atoms with E-state index in [0.717, 1.165) is 36.5 Å². The Labute approximate surface area is 122 Å². The second-order valence-electron chi connectivity index (χ2n) is 5.87. The highest BCUT2D eigenvalue weighted by atomic mass is 35.5. The van der Waals surface area contributed by atoms with Crippen LogP contribution >= 0.6 is 11.6 Å². The standard InChI is InChI=1S/C16H25ClN2/c1-12(2)13-6-8-19(9-7-13)16-10-15(17)5-4-14(16)11-18-3/h4-5,10,12-13,18H,6-9,11H2,1-3H3. The molecule has 1 aliphatic heterocycles. The van der Waals surface area contributed by atoms with Crippen molar-refractivity contribution in [3.8, 4) is 0 Å². The van der Waals surface area contributed by atoms with E-state index in [-0.39, 0.29) is 0 Å². The number of piperidine rings is 1. The van der Waals surface area contributed by atoms with Crippen LogP contribution < -0.4 is 10.2 Å². The molecule has 0 amide bonds. The average Bonchev–Trinajstić information content (AvgIpc) is 2.41. The lowest BCUT2D eigenvalue weighted by atomic mass is 9.86. The summed E-state index contributed by atoms with van der Waals surface area (Å²) in [5.41, 5.74) is 2.65. The molecule has 3 heteroatoms. The first-order valence-electron chi connectivity index (χ1n) is 7.29. The van der Waals surface area contributed by atoms with Gasteiger partial charge in [-0.1, -0.05) is 31.5 Å². The number of rotatable bonds is 4. The zero-order valence-electron chi connectivity index (χ0n) is 12.2. The molecule has 1 aromatic rings. The number of anilines is 1. The quantitative estimate of drug-likeness (QED) is 0.899. The average molecular weight is 281 g/mol. The summed E-state index contributed by atoms with van der Waals surface area (Å²) in [4.78, 5) is 2.50. The van der Waals surface area contributed by atoms with Crippen LogP contribution in [0.5, 0.6) is 0 Å². The molecule has 0 bridgehead atoms. The summed E-state index contributed by atoms with van der Waals surface area (Å²) in [6.07, 6.45) is 2.59. The predicted octanol–water partition coefficient (Wildman–Crippen LogP) is 3.93. The molecule has 1 saturated heterocycles. The van der Waals surface area contributed by atoms with Gasteiger partial charge in [-0.2, -0.15) is 0 Å². The third kappa shape index (κ3) is 3.64. The Kier molecular flexibility index (Phi) is 5.12. The third-order valence-corrected chi connectivity index (χ3v) is 4.47. The Bertz CT molecular complexity index is 409. The first kappa shape index (κ1) is 14.7. The van der Waals surface area contributed by atoms with E-state index in [1.54, 1.807) is 0 Å². The van der Waals surface area contributed by atoms with Crippen LogP contribution in [0.2, 0.25) is 5.02 Å². The first-order chi connectivity index (χ1) is 9.11. The lowest BCUT2D eigenvalue weighted by molar-refractivity contribution is 0.311. The van der Waals surface area contributed by atoms with Crippen LogP contribution in [0.3, 0.4) is 0 Å². The van der Waals surface area contributed by atoms with E-state index >= 15 is 0 Å². The van der Waals surface area contributed by atoms with Crippen LogP contribution in [-0.2, 0) is 6.54 Å². The second-order valence-corrected chi connectivity index (χ2v) is 6.31. The van der Waals surface area contributed by atoms with Gasteiger partial charge in [0.1, 0.15) is 0 Å². The van der Waals surface area contributed by atoms with Gasteiger partial charge < -0.3 is 10.2 Å². The molecule has 0 aromatic heterocycles. The highest BCUT2D eigenvalue weighted by Gasteiger charge is 2.22. The summed E-state index contributed by atoms with van der Waals surface area (Å²) in [5, 5.41) is 4.07. The Morgan fingerprint density at radius 3 is 2.58 bits per heavy atom. The number of nitrogens with zero attached hydrogens (tertiary/aromatic N) is 1. The second kappa shape index (κ2) is 6.62. The van der Waals surface area contributed by atoms with Gasteiger partial charge in [0.05, 0.1) is 0 Å². The maximum atomic E-state index is 6.17. The van der Waals surface area contributed by atoms with Crippen molar-refractivity contribution < 1.29 is 0 Å². The predicted molar refractivity (Wildman–Crippen MR) is 84.0 cm³/mol. The number of halogens is 1. The summed E-state index contributed by atoms with van der Waals surface area (Å²) in [6.45, 7) is 7.88. The van der Waals surface area contributed by atoms with Crippen molar-refractivity contribution in [1.82, 2.24) is 5.32 Å². The molecule has 0 unspecified atom stereocenters. The molecular formula is C16H25ClN2. The molecule has 1 aromatic carbocycles. The molecular weight excluding hydrogens is 256 g/mol. The largest absolute Gasteiger partial charge is 0.371 e. The smallest absolute Gasteiger partial charge is 0.0426 e. The van der Waals surface area contributed by atoms with Crippen molar-refractivity contribution in [2.75, 3.05) is 25.0 Å². The van der Waals surface area contributed by atoms with Gasteiger partial charge in [0.15, 0.2) is 0 Å². The molecule has 2 nitrogen and oxygen atoms in total. The van der Waals surface area contributed by atoms with Crippen LogP contribution in [0.4, 0.5) is 5.69 Å². The molecule has 2 rings (SSSR count). The number of hydrogen-bond donors (Lipinski definition) is 1. The van der Waals surface area contributed by atoms with E-state index in [2.05, 4.69) is 36.2 Å². The number of hydrogen-bond acceptors (Lipinski definition) is 2. The number of nitrogens with one attached hydrogen (secondary N) is 1. The molecule has 1 N–H and O–H groups in total. The van der Waals surface area contributed by atoms with Gasteiger partial charge in [-0.15, -0.1) is 0 Å². The van der Waals surface area contributed by atoms with E-state index in [4.69, 9.17) is 11.6 Å². The number of benzene rings is 1. The summed E-state index contributed by atoms with van der Waals surface area (Å²) in [7, 11) is 1.99. The third-order valence-electron chi connectivity index (χ3n) is 4.24. The maximum Gasteiger partial charge on any atom is 0.0426 e. The van der Waals surface area contributed by atoms with Crippen LogP contribution in [0.25, 0.3) is 0 Å². The van der Waals surface area contributed by atoms with E-state index in [9.17, 15) is 0 Å². The highest BCUT2D eigenvalue weighted by molar-refractivity contribution is 6.30. The summed E-state index contributed by atoms with van der Waals surface area (Å²) in [5.74, 6) is 1.68. The fourth-order valence-corrected chi connectivity index (χ4v) is 3.14. The zero-order valence-corrected chi connectivity index (χ0v) is 13.0. The van der Waals surface area contributed by atoms with E-state index in [1.807, 2.05) is 13.1 Å². The van der Waals surface area contributed by atoms with Gasteiger partial charge in [0, 0.05) is 30.3 Å². The minimum Gasteiger partial charge on any atom is -0.371 e. The minimum absolute atomic E-state index is 0.804. The molecule has 1 aliphatic rings. The topological polar surface area (TPSA) is 15.3 Å². The Hall–Kier alpha value is -0.730. The minimum atomic E-state index is 0.804. The fourth-order valence-electron chi connectivity index (χ4n) is 2.98. The lowest BCUT2D eigenvalue weighted by Gasteiger charge is -2.36. The van der Waals surface area contributed by atoms with Crippen molar-refractivity contribution >= 4 is 17.3 Å². The summed E-state index contributed by atoms with van der Waals surface area (Å²) < 4.78 is 0. The van der Waals surface area contributed by atoms with Crippen molar-refractivity contribution in [3.63, 3.8) is 0 Å². The van der Waals surface area contributed by atoms with Crippen molar-refractivity contribution in [2.45, 2.75) is 33.2 Å². The summed E-state index contributed by atoms with van der Waals surface area (Å²) >= 11 is 6.17. The van der Waals surface area contributed by atoms with E-state index < -0.39 is 0 Å².